The van der Waals surface area contributed by atoms with Crippen LogP contribution in [0.3, 0.4) is 0 Å². The van der Waals surface area contributed by atoms with Crippen molar-refractivity contribution in [3.8, 4) is 0 Å². The van der Waals surface area contributed by atoms with Gasteiger partial charge in [-0.1, -0.05) is 30.3 Å². The molecule has 144 valence electrons. The highest BCUT2D eigenvalue weighted by Crippen LogP contribution is 2.17. The molecule has 1 atom stereocenters. The largest absolute Gasteiger partial charge is 0.340 e. The smallest absolute Gasteiger partial charge is 0.331 e. The van der Waals surface area contributed by atoms with Crippen LogP contribution in [0.25, 0.3) is 0 Å². The molecule has 3 rings (SSSR count). The third kappa shape index (κ3) is 4.54. The van der Waals surface area contributed by atoms with Gasteiger partial charge in [0, 0.05) is 45.5 Å². The van der Waals surface area contributed by atoms with Gasteiger partial charge < -0.3 is 4.90 Å². The van der Waals surface area contributed by atoms with Gasteiger partial charge in [-0.2, -0.15) is 0 Å². The summed E-state index contributed by atoms with van der Waals surface area (Å²) in [7, 11) is 3.21. The van der Waals surface area contributed by atoms with Gasteiger partial charge in [-0.3, -0.25) is 23.6 Å². The maximum absolute atomic E-state index is 12.7. The number of aromatic nitrogens is 2. The Balaban J connectivity index is 1.63. The lowest BCUT2D eigenvalue weighted by Gasteiger charge is -2.37. The van der Waals surface area contributed by atoms with Crippen LogP contribution in [-0.4, -0.2) is 51.0 Å². The summed E-state index contributed by atoms with van der Waals surface area (Å²) in [4.78, 5) is 40.4. The molecule has 0 radical (unpaired) electrons. The van der Waals surface area contributed by atoms with Crippen molar-refractivity contribution in [3.63, 3.8) is 0 Å². The maximum atomic E-state index is 12.7. The number of likely N-dealkylation sites (tertiary alicyclic amines) is 1. The van der Waals surface area contributed by atoms with Crippen molar-refractivity contribution in [1.29, 1.82) is 0 Å². The van der Waals surface area contributed by atoms with Crippen LogP contribution in [0, 0.1) is 0 Å². The SMILES string of the molecule is CN(C(=O)Cn1ccc(=O)n(C)c1=O)C1CCCN(Cc2ccccc2)C1. The summed E-state index contributed by atoms with van der Waals surface area (Å²) in [5.74, 6) is -0.123. The average Bonchev–Trinajstić information content (AvgIpc) is 2.69. The van der Waals surface area contributed by atoms with Crippen LogP contribution in [0.5, 0.6) is 0 Å². The van der Waals surface area contributed by atoms with E-state index in [4.69, 9.17) is 0 Å². The highest BCUT2D eigenvalue weighted by Gasteiger charge is 2.26. The molecule has 1 aliphatic rings. The van der Waals surface area contributed by atoms with Crippen molar-refractivity contribution in [2.24, 2.45) is 7.05 Å². The van der Waals surface area contributed by atoms with Crippen LogP contribution in [0.4, 0.5) is 0 Å². The zero-order chi connectivity index (χ0) is 19.4. The van der Waals surface area contributed by atoms with Crippen molar-refractivity contribution >= 4 is 5.91 Å². The summed E-state index contributed by atoms with van der Waals surface area (Å²) >= 11 is 0. The zero-order valence-electron chi connectivity index (χ0n) is 15.9. The van der Waals surface area contributed by atoms with E-state index >= 15 is 0 Å². The monoisotopic (exact) mass is 370 g/mol. The standard InChI is InChI=1S/C20H26N4O3/c1-21(19(26)15-24-12-10-18(25)22(2)20(24)27)17-9-6-11-23(14-17)13-16-7-4-3-5-8-16/h3-5,7-8,10,12,17H,6,9,11,13-15H2,1-2H3. The first-order chi connectivity index (χ1) is 13.0. The molecular formula is C20H26N4O3. The highest BCUT2D eigenvalue weighted by atomic mass is 16.2. The van der Waals surface area contributed by atoms with Crippen molar-refractivity contribution in [1.82, 2.24) is 18.9 Å². The molecule has 27 heavy (non-hydrogen) atoms. The van der Waals surface area contributed by atoms with E-state index in [0.29, 0.717) is 0 Å². The number of carbonyl (C=O) groups excluding carboxylic acids is 1. The van der Waals surface area contributed by atoms with Crippen LogP contribution < -0.4 is 11.2 Å². The molecule has 2 aromatic rings. The number of likely N-dealkylation sites (N-methyl/N-ethyl adjacent to an activating group) is 1. The first-order valence-corrected chi connectivity index (χ1v) is 9.24. The van der Waals surface area contributed by atoms with Gasteiger partial charge in [-0.15, -0.1) is 0 Å². The highest BCUT2D eigenvalue weighted by molar-refractivity contribution is 5.76. The Morgan fingerprint density at radius 3 is 2.67 bits per heavy atom. The minimum atomic E-state index is -0.474. The molecule has 7 heteroatoms. The Morgan fingerprint density at radius 2 is 1.93 bits per heavy atom. The fourth-order valence-corrected chi connectivity index (χ4v) is 3.53. The second-order valence-corrected chi connectivity index (χ2v) is 7.14. The summed E-state index contributed by atoms with van der Waals surface area (Å²) in [6.45, 7) is 2.66. The van der Waals surface area contributed by atoms with E-state index in [0.717, 1.165) is 37.0 Å². The van der Waals surface area contributed by atoms with Crippen molar-refractivity contribution in [2.75, 3.05) is 20.1 Å². The molecule has 2 heterocycles. The summed E-state index contributed by atoms with van der Waals surface area (Å²) in [5, 5.41) is 0. The molecule has 7 nitrogen and oxygen atoms in total. The van der Waals surface area contributed by atoms with E-state index in [1.54, 1.807) is 11.9 Å². The lowest BCUT2D eigenvalue weighted by atomic mass is 10.0. The van der Waals surface area contributed by atoms with Gasteiger partial charge in [0.2, 0.25) is 5.91 Å². The minimum absolute atomic E-state index is 0.0569. The molecule has 0 saturated carbocycles. The van der Waals surface area contributed by atoms with Crippen molar-refractivity contribution in [2.45, 2.75) is 32.0 Å². The van der Waals surface area contributed by atoms with Gasteiger partial charge in [0.05, 0.1) is 0 Å². The Labute approximate surface area is 158 Å². The summed E-state index contributed by atoms with van der Waals surface area (Å²) < 4.78 is 2.29. The molecule has 1 amide bonds. The Morgan fingerprint density at radius 1 is 1.19 bits per heavy atom. The molecule has 0 aliphatic carbocycles. The number of carbonyl (C=O) groups is 1. The number of hydrogen-bond donors (Lipinski definition) is 0. The second kappa shape index (κ2) is 8.35. The van der Waals surface area contributed by atoms with Gasteiger partial charge in [-0.25, -0.2) is 4.79 Å². The summed E-state index contributed by atoms with van der Waals surface area (Å²) in [6.07, 6.45) is 3.38. The van der Waals surface area contributed by atoms with Crippen molar-refractivity contribution in [3.05, 3.63) is 69.0 Å². The second-order valence-electron chi connectivity index (χ2n) is 7.14. The van der Waals surface area contributed by atoms with E-state index in [9.17, 15) is 14.4 Å². The van der Waals surface area contributed by atoms with E-state index in [-0.39, 0.29) is 24.1 Å². The number of nitrogens with zero attached hydrogens (tertiary/aromatic N) is 4. The summed E-state index contributed by atoms with van der Waals surface area (Å²) in [5.41, 5.74) is 0.420. The number of amides is 1. The number of hydrogen-bond acceptors (Lipinski definition) is 4. The lowest BCUT2D eigenvalue weighted by molar-refractivity contribution is -0.133. The fraction of sp³-hybridized carbons (Fsp3) is 0.450. The Hall–Kier alpha value is -2.67. The minimum Gasteiger partial charge on any atom is -0.340 e. The molecule has 1 unspecified atom stereocenters. The topological polar surface area (TPSA) is 67.5 Å². The van der Waals surface area contributed by atoms with Crippen LogP contribution in [0.2, 0.25) is 0 Å². The van der Waals surface area contributed by atoms with Crippen LogP contribution in [0.15, 0.2) is 52.2 Å². The Kier molecular flexibility index (Phi) is 5.91. The van der Waals surface area contributed by atoms with E-state index in [1.807, 2.05) is 18.2 Å². The van der Waals surface area contributed by atoms with E-state index in [1.165, 1.54) is 29.4 Å². The average molecular weight is 370 g/mol. The predicted octanol–water partition coefficient (Wildman–Crippen LogP) is 0.670. The van der Waals surface area contributed by atoms with Gasteiger partial charge in [0.25, 0.3) is 5.56 Å². The van der Waals surface area contributed by atoms with Crippen molar-refractivity contribution < 1.29 is 4.79 Å². The van der Waals surface area contributed by atoms with Crippen LogP contribution in [0.1, 0.15) is 18.4 Å². The molecule has 1 fully saturated rings. The molecule has 0 bridgehead atoms. The van der Waals surface area contributed by atoms with E-state index < -0.39 is 5.69 Å². The first kappa shape index (κ1) is 19.1. The molecule has 0 N–H and O–H groups in total. The van der Waals surface area contributed by atoms with Gasteiger partial charge in [0.15, 0.2) is 0 Å². The third-order valence-corrected chi connectivity index (χ3v) is 5.24. The molecule has 1 aromatic heterocycles. The molecule has 1 aliphatic heterocycles. The number of benzene rings is 1. The van der Waals surface area contributed by atoms with E-state index in [2.05, 4.69) is 17.0 Å². The van der Waals surface area contributed by atoms with Crippen LogP contribution >= 0.6 is 0 Å². The maximum Gasteiger partial charge on any atom is 0.331 e. The molecule has 1 aromatic carbocycles. The predicted molar refractivity (Wildman–Crippen MR) is 103 cm³/mol. The Bertz CT molecular complexity index is 903. The van der Waals surface area contributed by atoms with Gasteiger partial charge >= 0.3 is 5.69 Å². The van der Waals surface area contributed by atoms with Crippen LogP contribution in [-0.2, 0) is 24.9 Å². The molecule has 1 saturated heterocycles. The first-order valence-electron chi connectivity index (χ1n) is 9.24. The number of rotatable bonds is 5. The molecule has 0 spiro atoms. The summed E-state index contributed by atoms with van der Waals surface area (Å²) in [6, 6.07) is 11.7. The normalized spacial score (nSPS) is 17.6. The van der Waals surface area contributed by atoms with Gasteiger partial charge in [-0.05, 0) is 24.9 Å². The third-order valence-electron chi connectivity index (χ3n) is 5.24. The number of piperidine rings is 1. The molecular weight excluding hydrogens is 344 g/mol. The fourth-order valence-electron chi connectivity index (χ4n) is 3.53. The quantitative estimate of drug-likeness (QED) is 0.776. The lowest BCUT2D eigenvalue weighted by Crippen LogP contribution is -2.50. The zero-order valence-corrected chi connectivity index (χ0v) is 15.9. The van der Waals surface area contributed by atoms with Gasteiger partial charge in [0.1, 0.15) is 6.54 Å².